The van der Waals surface area contributed by atoms with Crippen LogP contribution in [0, 0.1) is 20.2 Å². The molecule has 0 aliphatic rings. The van der Waals surface area contributed by atoms with Crippen molar-refractivity contribution in [2.45, 2.75) is 109 Å². The van der Waals surface area contributed by atoms with Gasteiger partial charge in [-0.25, -0.2) is 0 Å². The first-order chi connectivity index (χ1) is 21.6. The average Bonchev–Trinajstić information content (AvgIpc) is 2.90. The average molecular weight is 741 g/mol. The maximum atomic E-state index is 10.8. The van der Waals surface area contributed by atoms with E-state index in [0.717, 1.165) is 37.4 Å². The van der Waals surface area contributed by atoms with E-state index in [9.17, 15) is 20.2 Å². The number of ether oxygens (including phenoxy) is 2. The van der Waals surface area contributed by atoms with Crippen molar-refractivity contribution in [3.05, 3.63) is 68.8 Å². The Hall–Kier alpha value is -2.20. The van der Waals surface area contributed by atoms with Crippen LogP contribution in [0.1, 0.15) is 25.7 Å². The van der Waals surface area contributed by atoms with Crippen molar-refractivity contribution in [1.82, 2.24) is 0 Å². The van der Waals surface area contributed by atoms with Gasteiger partial charge in [-0.15, -0.1) is 0 Å². The highest BCUT2D eigenvalue weighted by Crippen LogP contribution is 2.31. The third-order valence-electron chi connectivity index (χ3n) is 7.49. The number of nitrogens with zero attached hydrogens (tertiary/aromatic N) is 2. The zero-order valence-corrected chi connectivity index (χ0v) is 35.1. The number of nitro groups is 2. The number of non-ortho nitro benzene ring substituents is 2. The minimum Gasteiger partial charge on any atom is -0.494 e. The number of hydrogen-bond acceptors (Lipinski definition) is 9. The second-order valence-corrected chi connectivity index (χ2v) is 36.9. The molecule has 0 aromatic heterocycles. The largest absolute Gasteiger partial charge is 0.494 e. The lowest BCUT2D eigenvalue weighted by Crippen LogP contribution is -2.57. The quantitative estimate of drug-likeness (QED) is 0.0501. The fraction of sp³-hybridized carbons (Fsp3) is 0.613. The van der Waals surface area contributed by atoms with E-state index in [-0.39, 0.29) is 11.4 Å². The van der Waals surface area contributed by atoms with Crippen LogP contribution in [0.15, 0.2) is 48.5 Å². The molecule has 264 valence electrons. The molecule has 0 aliphatic carbocycles. The molecule has 0 saturated heterocycles. The van der Waals surface area contributed by atoms with Crippen LogP contribution in [0.3, 0.4) is 0 Å². The molecule has 0 bridgehead atoms. The van der Waals surface area contributed by atoms with Gasteiger partial charge in [0.05, 0.1) is 23.1 Å². The molecule has 16 heteroatoms. The van der Waals surface area contributed by atoms with Gasteiger partial charge >= 0.3 is 17.1 Å². The first-order valence-corrected chi connectivity index (χ1v) is 31.7. The summed E-state index contributed by atoms with van der Waals surface area (Å²) in [6.07, 6.45) is 3.90. The van der Waals surface area contributed by atoms with Gasteiger partial charge in [0.2, 0.25) is 0 Å². The molecule has 0 saturated carbocycles. The van der Waals surface area contributed by atoms with Crippen LogP contribution in [0.2, 0.25) is 83.2 Å². The van der Waals surface area contributed by atoms with Crippen LogP contribution in [0.25, 0.3) is 0 Å². The first-order valence-electron chi connectivity index (χ1n) is 16.4. The first kappa shape index (κ1) is 41.0. The second kappa shape index (κ2) is 17.5. The molecule has 0 aliphatic heterocycles. The van der Waals surface area contributed by atoms with Crippen molar-refractivity contribution >= 4 is 53.2 Å². The highest BCUT2D eigenvalue weighted by atomic mass is 28.5. The predicted molar refractivity (Wildman–Crippen MR) is 201 cm³/mol. The summed E-state index contributed by atoms with van der Waals surface area (Å²) in [6, 6.07) is 14.6. The van der Waals surface area contributed by atoms with Gasteiger partial charge in [0, 0.05) is 32.3 Å². The summed E-state index contributed by atoms with van der Waals surface area (Å²) in [4.78, 5) is 20.8. The third kappa shape index (κ3) is 16.7. The van der Waals surface area contributed by atoms with Crippen LogP contribution in [-0.4, -0.2) is 64.9 Å². The van der Waals surface area contributed by atoms with Gasteiger partial charge in [0.1, 0.15) is 11.5 Å². The molecule has 2 rings (SSSR count). The van der Waals surface area contributed by atoms with E-state index in [2.05, 4.69) is 65.5 Å². The molecule has 47 heavy (non-hydrogen) atoms. The summed E-state index contributed by atoms with van der Waals surface area (Å²) in [5, 5.41) is 21.7. The van der Waals surface area contributed by atoms with E-state index in [1.807, 2.05) is 0 Å². The van der Waals surface area contributed by atoms with Crippen LogP contribution in [0.4, 0.5) is 11.4 Å². The van der Waals surface area contributed by atoms with Crippen molar-refractivity contribution in [3.63, 3.8) is 0 Å². The molecule has 0 spiro atoms. The van der Waals surface area contributed by atoms with Gasteiger partial charge in [0.15, 0.2) is 16.6 Å². The maximum absolute atomic E-state index is 10.8. The van der Waals surface area contributed by atoms with Crippen molar-refractivity contribution in [2.75, 3.05) is 13.2 Å². The molecule has 11 nitrogen and oxygen atoms in total. The van der Waals surface area contributed by atoms with Crippen LogP contribution in [0.5, 0.6) is 11.5 Å². The summed E-state index contributed by atoms with van der Waals surface area (Å²) in [7, 11) is -10.4. The van der Waals surface area contributed by atoms with Gasteiger partial charge < -0.3 is 21.8 Å². The Morgan fingerprint density at radius 2 is 0.915 bits per heavy atom. The Morgan fingerprint density at radius 3 is 1.32 bits per heavy atom. The summed E-state index contributed by atoms with van der Waals surface area (Å²) in [5.74, 6) is 1.30. The standard InChI is InChI=1S/C31H56N2O9Si5/c1-43(2,25-13-11-23-38-30-19-15-28(16-20-30)32(34)35)27-45(5,6)41-47(9,10)42-46(7,8)40-44(3,4)26-14-12-24-39-31-21-17-29(18-22-31)33(36)37/h15-22H,11-14,23-27H2,1-10H3. The van der Waals surface area contributed by atoms with Gasteiger partial charge in [-0.05, 0) is 101 Å². The molecule has 0 N–H and O–H groups in total. The number of benzene rings is 2. The Balaban J connectivity index is 1.74. The lowest BCUT2D eigenvalue weighted by molar-refractivity contribution is -0.385. The fourth-order valence-electron chi connectivity index (χ4n) is 6.36. The lowest BCUT2D eigenvalue weighted by atomic mass is 10.3. The van der Waals surface area contributed by atoms with Crippen LogP contribution in [-0.2, 0) is 12.3 Å². The topological polar surface area (TPSA) is 132 Å². The van der Waals surface area contributed by atoms with E-state index in [4.69, 9.17) is 21.8 Å². The van der Waals surface area contributed by atoms with Gasteiger partial charge in [-0.2, -0.15) is 0 Å². The number of rotatable bonds is 22. The molecule has 0 atom stereocenters. The van der Waals surface area contributed by atoms with Gasteiger partial charge in [-0.1, -0.05) is 32.0 Å². The normalized spacial score (nSPS) is 13.0. The summed E-state index contributed by atoms with van der Waals surface area (Å²) in [5.41, 5.74) is 1.29. The Bertz CT molecular complexity index is 1190. The molecular weight excluding hydrogens is 685 g/mol. The molecular formula is C31H56N2O9Si5. The molecule has 2 aromatic rings. The monoisotopic (exact) mass is 740 g/mol. The molecule has 0 radical (unpaired) electrons. The highest BCUT2D eigenvalue weighted by molar-refractivity contribution is 6.96. The molecule has 0 amide bonds. The van der Waals surface area contributed by atoms with Crippen molar-refractivity contribution in [1.29, 1.82) is 0 Å². The minimum atomic E-state index is -2.44. The SMILES string of the molecule is C[Si](C)(CCCCOc1ccc([N+](=O)[O-])cc1)C[Si](C)(C)O[Si](C)(C)O[Si](C)(C)O[Si](C)(C)CCCCOc1ccc([N+](=O)[O-])cc1. The number of hydrogen-bond donors (Lipinski definition) is 0. The predicted octanol–water partition coefficient (Wildman–Crippen LogP) is 9.63. The highest BCUT2D eigenvalue weighted by Gasteiger charge is 2.44. The van der Waals surface area contributed by atoms with Crippen LogP contribution < -0.4 is 9.47 Å². The smallest absolute Gasteiger partial charge is 0.312 e. The van der Waals surface area contributed by atoms with Crippen molar-refractivity contribution in [2.24, 2.45) is 0 Å². The fourth-order valence-corrected chi connectivity index (χ4v) is 36.4. The third-order valence-corrected chi connectivity index (χ3v) is 30.3. The summed E-state index contributed by atoms with van der Waals surface area (Å²) in [6.45, 7) is 23.8. The number of nitro benzene ring substituents is 2. The van der Waals surface area contributed by atoms with E-state index in [1.165, 1.54) is 30.3 Å². The Morgan fingerprint density at radius 1 is 0.532 bits per heavy atom. The molecule has 2 aromatic carbocycles. The number of unbranched alkanes of at least 4 members (excludes halogenated alkanes) is 2. The second-order valence-electron chi connectivity index (χ2n) is 15.1. The summed E-state index contributed by atoms with van der Waals surface area (Å²) < 4.78 is 32.1. The molecule has 0 unspecified atom stereocenters. The Labute approximate surface area is 286 Å². The van der Waals surface area contributed by atoms with E-state index in [1.54, 1.807) is 24.3 Å². The lowest BCUT2D eigenvalue weighted by Gasteiger charge is -2.42. The van der Waals surface area contributed by atoms with E-state index in [0.29, 0.717) is 24.7 Å². The molecule has 0 heterocycles. The minimum absolute atomic E-state index is 0.0578. The van der Waals surface area contributed by atoms with Gasteiger partial charge in [-0.3, -0.25) is 20.2 Å². The molecule has 0 fully saturated rings. The van der Waals surface area contributed by atoms with E-state index >= 15 is 0 Å². The van der Waals surface area contributed by atoms with Gasteiger partial charge in [0.25, 0.3) is 11.4 Å². The zero-order valence-electron chi connectivity index (χ0n) is 30.1. The Kier molecular flexibility index (Phi) is 15.2. The van der Waals surface area contributed by atoms with Crippen LogP contribution >= 0.6 is 0 Å². The maximum Gasteiger partial charge on any atom is 0.312 e. The van der Waals surface area contributed by atoms with E-state index < -0.39 is 51.7 Å². The van der Waals surface area contributed by atoms with Crippen molar-refractivity contribution < 1.29 is 31.7 Å². The van der Waals surface area contributed by atoms with Crippen molar-refractivity contribution in [3.8, 4) is 11.5 Å². The zero-order chi connectivity index (χ0) is 35.5. The summed E-state index contributed by atoms with van der Waals surface area (Å²) >= 11 is 0.